The summed E-state index contributed by atoms with van der Waals surface area (Å²) in [5.41, 5.74) is 0. The zero-order valence-electron chi connectivity index (χ0n) is 17.3. The molecule has 1 aliphatic rings. The first-order valence-corrected chi connectivity index (χ1v) is 11.3. The highest BCUT2D eigenvalue weighted by atomic mass is 127. The van der Waals surface area contributed by atoms with E-state index < -0.39 is 0 Å². The van der Waals surface area contributed by atoms with E-state index in [2.05, 4.69) is 37.7 Å². The van der Waals surface area contributed by atoms with E-state index >= 15 is 0 Å². The minimum absolute atomic E-state index is 0. The summed E-state index contributed by atoms with van der Waals surface area (Å²) in [6.07, 6.45) is 6.12. The second-order valence-corrected chi connectivity index (χ2v) is 8.88. The number of thiophene rings is 1. The molecule has 29 heavy (non-hydrogen) atoms. The van der Waals surface area contributed by atoms with Gasteiger partial charge in [0, 0.05) is 69.6 Å². The van der Waals surface area contributed by atoms with E-state index in [1.165, 1.54) is 4.88 Å². The number of piperazine rings is 1. The molecule has 1 saturated heterocycles. The van der Waals surface area contributed by atoms with Gasteiger partial charge in [-0.05, 0) is 38.8 Å². The summed E-state index contributed by atoms with van der Waals surface area (Å²) in [5.74, 6) is 2.14. The molecule has 9 heteroatoms. The predicted molar refractivity (Wildman–Crippen MR) is 134 cm³/mol. The molecule has 0 bridgehead atoms. The highest BCUT2D eigenvalue weighted by Gasteiger charge is 2.20. The lowest BCUT2D eigenvalue weighted by Gasteiger charge is -2.36. The second kappa shape index (κ2) is 12.8. The van der Waals surface area contributed by atoms with E-state index in [0.29, 0.717) is 0 Å². The predicted octanol–water partition coefficient (Wildman–Crippen LogP) is 4.09. The van der Waals surface area contributed by atoms with Crippen LogP contribution in [0, 0.1) is 6.92 Å². The number of rotatable bonds is 8. The molecule has 0 saturated carbocycles. The SMILES string of the molecule is CCNC(=NCCCCn1ccnc1C)N1CCN(Cc2ccc(Cl)s2)CC1.I. The van der Waals surface area contributed by atoms with Gasteiger partial charge in [0.15, 0.2) is 5.96 Å². The Kier molecular flexibility index (Phi) is 10.8. The van der Waals surface area contributed by atoms with Gasteiger partial charge < -0.3 is 14.8 Å². The van der Waals surface area contributed by atoms with Crippen molar-refractivity contribution in [1.82, 2.24) is 24.7 Å². The Bertz CT molecular complexity index is 754. The number of hydrogen-bond donors (Lipinski definition) is 1. The van der Waals surface area contributed by atoms with Crippen LogP contribution in [0.5, 0.6) is 0 Å². The molecule has 0 amide bonds. The quantitative estimate of drug-likeness (QED) is 0.233. The van der Waals surface area contributed by atoms with Crippen molar-refractivity contribution in [2.24, 2.45) is 4.99 Å². The van der Waals surface area contributed by atoms with Crippen molar-refractivity contribution in [1.29, 1.82) is 0 Å². The molecule has 0 unspecified atom stereocenters. The molecule has 2 aromatic heterocycles. The van der Waals surface area contributed by atoms with Crippen molar-refractivity contribution in [3.8, 4) is 0 Å². The highest BCUT2D eigenvalue weighted by molar-refractivity contribution is 14.0. The monoisotopic (exact) mass is 550 g/mol. The van der Waals surface area contributed by atoms with E-state index in [1.807, 2.05) is 25.4 Å². The maximum absolute atomic E-state index is 6.05. The molecule has 162 valence electrons. The van der Waals surface area contributed by atoms with E-state index in [-0.39, 0.29) is 24.0 Å². The van der Waals surface area contributed by atoms with Gasteiger partial charge in [-0.1, -0.05) is 11.6 Å². The third kappa shape index (κ3) is 7.73. The summed E-state index contributed by atoms with van der Waals surface area (Å²) in [4.78, 5) is 15.4. The maximum atomic E-state index is 6.05. The summed E-state index contributed by atoms with van der Waals surface area (Å²) in [6.45, 7) is 12.1. The number of imidazole rings is 1. The fourth-order valence-electron chi connectivity index (χ4n) is 3.42. The Labute approximate surface area is 200 Å². The molecule has 0 aromatic carbocycles. The first kappa shape index (κ1) is 24.4. The Morgan fingerprint density at radius 2 is 2.03 bits per heavy atom. The van der Waals surface area contributed by atoms with Crippen molar-refractivity contribution in [2.75, 3.05) is 39.3 Å². The molecule has 0 spiro atoms. The number of nitrogens with zero attached hydrogens (tertiary/aromatic N) is 5. The van der Waals surface area contributed by atoms with Crippen LogP contribution in [0.2, 0.25) is 4.34 Å². The van der Waals surface area contributed by atoms with Crippen LogP contribution >= 0.6 is 46.9 Å². The Morgan fingerprint density at radius 1 is 1.24 bits per heavy atom. The van der Waals surface area contributed by atoms with E-state index in [0.717, 1.165) is 81.3 Å². The topological polar surface area (TPSA) is 48.7 Å². The largest absolute Gasteiger partial charge is 0.357 e. The van der Waals surface area contributed by atoms with E-state index in [4.69, 9.17) is 16.6 Å². The molecule has 6 nitrogen and oxygen atoms in total. The lowest BCUT2D eigenvalue weighted by Crippen LogP contribution is -2.52. The molecular formula is C20H32ClIN6S. The van der Waals surface area contributed by atoms with Gasteiger partial charge in [-0.3, -0.25) is 9.89 Å². The van der Waals surface area contributed by atoms with Crippen molar-refractivity contribution >= 4 is 52.9 Å². The fourth-order valence-corrected chi connectivity index (χ4v) is 4.55. The smallest absolute Gasteiger partial charge is 0.194 e. The lowest BCUT2D eigenvalue weighted by atomic mass is 10.3. The van der Waals surface area contributed by atoms with Gasteiger partial charge in [-0.2, -0.15) is 0 Å². The summed E-state index contributed by atoms with van der Waals surface area (Å²) >= 11 is 7.73. The minimum atomic E-state index is 0. The fraction of sp³-hybridized carbons (Fsp3) is 0.600. The van der Waals surface area contributed by atoms with Crippen LogP contribution in [0.3, 0.4) is 0 Å². The molecule has 2 aromatic rings. The molecule has 3 rings (SSSR count). The molecular weight excluding hydrogens is 519 g/mol. The van der Waals surface area contributed by atoms with Gasteiger partial charge in [0.1, 0.15) is 5.82 Å². The first-order valence-electron chi connectivity index (χ1n) is 10.1. The van der Waals surface area contributed by atoms with Gasteiger partial charge in [0.25, 0.3) is 0 Å². The van der Waals surface area contributed by atoms with Crippen molar-refractivity contribution in [2.45, 2.75) is 39.8 Å². The number of aromatic nitrogens is 2. The standard InChI is InChI=1S/C20H31ClN6S.HI/c1-3-22-20(24-8-4-5-10-26-11-9-23-17(26)2)27-14-12-25(13-15-27)16-18-6-7-19(21)28-18;/h6-7,9,11H,3-5,8,10,12-16H2,1-2H3,(H,22,24);1H. The first-order chi connectivity index (χ1) is 13.7. The summed E-state index contributed by atoms with van der Waals surface area (Å²) in [5, 5.41) is 3.46. The zero-order valence-corrected chi connectivity index (χ0v) is 21.2. The third-order valence-corrected chi connectivity index (χ3v) is 6.22. The minimum Gasteiger partial charge on any atom is -0.357 e. The molecule has 0 aliphatic carbocycles. The molecule has 1 N–H and O–H groups in total. The lowest BCUT2D eigenvalue weighted by molar-refractivity contribution is 0.173. The maximum Gasteiger partial charge on any atom is 0.194 e. The van der Waals surface area contributed by atoms with Crippen LogP contribution in [-0.2, 0) is 13.1 Å². The number of aryl methyl sites for hydroxylation is 2. The van der Waals surface area contributed by atoms with Crippen molar-refractivity contribution < 1.29 is 0 Å². The number of unbranched alkanes of at least 4 members (excludes halogenated alkanes) is 1. The number of nitrogens with one attached hydrogen (secondary N) is 1. The molecule has 0 atom stereocenters. The summed E-state index contributed by atoms with van der Waals surface area (Å²) in [7, 11) is 0. The Morgan fingerprint density at radius 3 is 2.66 bits per heavy atom. The van der Waals surface area contributed by atoms with Gasteiger partial charge in [0.2, 0.25) is 0 Å². The van der Waals surface area contributed by atoms with Gasteiger partial charge >= 0.3 is 0 Å². The normalized spacial score (nSPS) is 15.4. The average Bonchev–Trinajstić information content (AvgIpc) is 3.29. The summed E-state index contributed by atoms with van der Waals surface area (Å²) in [6, 6.07) is 4.12. The van der Waals surface area contributed by atoms with Crippen LogP contribution < -0.4 is 5.32 Å². The van der Waals surface area contributed by atoms with Gasteiger partial charge in [-0.15, -0.1) is 35.3 Å². The van der Waals surface area contributed by atoms with E-state index in [9.17, 15) is 0 Å². The highest BCUT2D eigenvalue weighted by Crippen LogP contribution is 2.23. The van der Waals surface area contributed by atoms with Crippen LogP contribution in [0.25, 0.3) is 0 Å². The molecule has 0 radical (unpaired) electrons. The summed E-state index contributed by atoms with van der Waals surface area (Å²) < 4.78 is 3.08. The number of hydrogen-bond acceptors (Lipinski definition) is 4. The number of guanidine groups is 1. The number of aliphatic imine (C=N–C) groups is 1. The molecule has 3 heterocycles. The second-order valence-electron chi connectivity index (χ2n) is 7.08. The van der Waals surface area contributed by atoms with Crippen molar-refractivity contribution in [3.05, 3.63) is 39.6 Å². The third-order valence-electron chi connectivity index (χ3n) is 5.01. The van der Waals surface area contributed by atoms with Crippen LogP contribution in [0.4, 0.5) is 0 Å². The van der Waals surface area contributed by atoms with E-state index in [1.54, 1.807) is 11.3 Å². The van der Waals surface area contributed by atoms with Gasteiger partial charge in [0.05, 0.1) is 4.34 Å². The number of halogens is 2. The Balaban J connectivity index is 0.00000300. The molecule has 1 aliphatic heterocycles. The van der Waals surface area contributed by atoms with Crippen LogP contribution in [0.15, 0.2) is 29.5 Å². The van der Waals surface area contributed by atoms with Crippen LogP contribution in [-0.4, -0.2) is 64.6 Å². The zero-order chi connectivity index (χ0) is 19.8. The average molecular weight is 551 g/mol. The molecule has 1 fully saturated rings. The Hall–Kier alpha value is -0.840. The van der Waals surface area contributed by atoms with Crippen LogP contribution in [0.1, 0.15) is 30.5 Å². The van der Waals surface area contributed by atoms with Gasteiger partial charge in [-0.25, -0.2) is 4.98 Å². The van der Waals surface area contributed by atoms with Crippen molar-refractivity contribution in [3.63, 3.8) is 0 Å².